The maximum atomic E-state index is 13.1. The molecule has 168 valence electrons. The molecule has 0 bridgehead atoms. The molecule has 2 heterocycles. The van der Waals surface area contributed by atoms with Crippen LogP contribution in [-0.2, 0) is 17.8 Å². The van der Waals surface area contributed by atoms with Crippen molar-refractivity contribution in [2.24, 2.45) is 0 Å². The second-order valence-corrected chi connectivity index (χ2v) is 8.11. The van der Waals surface area contributed by atoms with Gasteiger partial charge in [0.2, 0.25) is 0 Å². The van der Waals surface area contributed by atoms with Gasteiger partial charge in [-0.3, -0.25) is 4.79 Å². The summed E-state index contributed by atoms with van der Waals surface area (Å²) in [6.45, 7) is 0.337. The SMILES string of the molecule is COCc1nn2c3c(cnc2c1-c1ccc(OC)cc1)C(=O)CC(c1ccccc1OC)C3. The van der Waals surface area contributed by atoms with Gasteiger partial charge in [0.15, 0.2) is 11.4 Å². The van der Waals surface area contributed by atoms with E-state index in [1.54, 1.807) is 27.5 Å². The molecule has 7 heteroatoms. The normalized spacial score (nSPS) is 15.5. The highest BCUT2D eigenvalue weighted by Gasteiger charge is 2.31. The molecular formula is C26H25N3O4. The summed E-state index contributed by atoms with van der Waals surface area (Å²) in [5, 5.41) is 4.85. The Morgan fingerprint density at radius 1 is 1.00 bits per heavy atom. The molecular weight excluding hydrogens is 418 g/mol. The number of ether oxygens (including phenoxy) is 3. The molecule has 2 aromatic carbocycles. The zero-order valence-electron chi connectivity index (χ0n) is 18.9. The summed E-state index contributed by atoms with van der Waals surface area (Å²) < 4.78 is 18.1. The van der Waals surface area contributed by atoms with E-state index >= 15 is 0 Å². The van der Waals surface area contributed by atoms with Gasteiger partial charge >= 0.3 is 0 Å². The van der Waals surface area contributed by atoms with Crippen molar-refractivity contribution >= 4 is 11.4 Å². The fourth-order valence-corrected chi connectivity index (χ4v) is 4.66. The van der Waals surface area contributed by atoms with E-state index in [1.165, 1.54) is 0 Å². The molecule has 7 nitrogen and oxygen atoms in total. The van der Waals surface area contributed by atoms with Crippen molar-refractivity contribution in [1.82, 2.24) is 14.6 Å². The lowest BCUT2D eigenvalue weighted by atomic mass is 9.81. The third-order valence-corrected chi connectivity index (χ3v) is 6.23. The minimum absolute atomic E-state index is 0.00580. The highest BCUT2D eigenvalue weighted by Crippen LogP contribution is 2.38. The van der Waals surface area contributed by atoms with Crippen LogP contribution in [0, 0.1) is 0 Å². The monoisotopic (exact) mass is 443 g/mol. The second-order valence-electron chi connectivity index (χ2n) is 8.11. The molecule has 0 spiro atoms. The van der Waals surface area contributed by atoms with Crippen LogP contribution < -0.4 is 9.47 Å². The zero-order chi connectivity index (χ0) is 22.9. The smallest absolute Gasteiger partial charge is 0.166 e. The van der Waals surface area contributed by atoms with Crippen LogP contribution in [0.3, 0.4) is 0 Å². The molecule has 0 saturated heterocycles. The van der Waals surface area contributed by atoms with Crippen LogP contribution >= 0.6 is 0 Å². The lowest BCUT2D eigenvalue weighted by molar-refractivity contribution is 0.0961. The van der Waals surface area contributed by atoms with Gasteiger partial charge in [-0.25, -0.2) is 9.50 Å². The van der Waals surface area contributed by atoms with Crippen molar-refractivity contribution < 1.29 is 19.0 Å². The molecule has 1 aliphatic rings. The molecule has 1 atom stereocenters. The van der Waals surface area contributed by atoms with Crippen LogP contribution in [0.25, 0.3) is 16.8 Å². The highest BCUT2D eigenvalue weighted by atomic mass is 16.5. The third-order valence-electron chi connectivity index (χ3n) is 6.23. The Labute approximate surface area is 191 Å². The molecule has 5 rings (SSSR count). The summed E-state index contributed by atoms with van der Waals surface area (Å²) in [5.41, 5.74) is 5.87. The van der Waals surface area contributed by atoms with Crippen molar-refractivity contribution in [2.45, 2.75) is 25.4 Å². The van der Waals surface area contributed by atoms with E-state index in [4.69, 9.17) is 19.3 Å². The number of ketones is 1. The van der Waals surface area contributed by atoms with E-state index in [1.807, 2.05) is 53.0 Å². The van der Waals surface area contributed by atoms with Crippen LogP contribution in [0.1, 0.15) is 39.6 Å². The number of hydrogen-bond acceptors (Lipinski definition) is 6. The van der Waals surface area contributed by atoms with Gasteiger partial charge in [-0.2, -0.15) is 5.10 Å². The zero-order valence-corrected chi connectivity index (χ0v) is 18.9. The van der Waals surface area contributed by atoms with Gasteiger partial charge in [0.1, 0.15) is 11.5 Å². The van der Waals surface area contributed by atoms with E-state index in [9.17, 15) is 4.79 Å². The van der Waals surface area contributed by atoms with Gasteiger partial charge in [0, 0.05) is 25.6 Å². The van der Waals surface area contributed by atoms with Gasteiger partial charge in [-0.15, -0.1) is 0 Å². The number of para-hydroxylation sites is 1. The number of benzene rings is 2. The van der Waals surface area contributed by atoms with Crippen LogP contribution in [-0.4, -0.2) is 41.7 Å². The Hall–Kier alpha value is -3.71. The summed E-state index contributed by atoms with van der Waals surface area (Å²) in [7, 11) is 4.95. The quantitative estimate of drug-likeness (QED) is 0.438. The van der Waals surface area contributed by atoms with Crippen LogP contribution in [0.5, 0.6) is 11.5 Å². The third kappa shape index (κ3) is 3.64. The number of aromatic nitrogens is 3. The van der Waals surface area contributed by atoms with Crippen LogP contribution in [0.4, 0.5) is 0 Å². The maximum absolute atomic E-state index is 13.1. The van der Waals surface area contributed by atoms with Crippen molar-refractivity contribution in [3.05, 3.63) is 77.2 Å². The van der Waals surface area contributed by atoms with Crippen molar-refractivity contribution in [3.8, 4) is 22.6 Å². The largest absolute Gasteiger partial charge is 0.497 e. The minimum atomic E-state index is 0.00580. The first-order chi connectivity index (χ1) is 16.1. The first-order valence-corrected chi connectivity index (χ1v) is 10.8. The van der Waals surface area contributed by atoms with Crippen molar-refractivity contribution in [2.75, 3.05) is 21.3 Å². The number of fused-ring (bicyclic) bond motifs is 3. The fraction of sp³-hybridized carbons (Fsp3) is 0.269. The number of rotatable bonds is 6. The summed E-state index contributed by atoms with van der Waals surface area (Å²) in [5.74, 6) is 1.64. The number of Topliss-reactive ketones (excluding diaryl/α,β-unsaturated/α-hetero) is 1. The highest BCUT2D eigenvalue weighted by molar-refractivity contribution is 5.99. The lowest BCUT2D eigenvalue weighted by Gasteiger charge is -2.25. The topological polar surface area (TPSA) is 75.0 Å². The van der Waals surface area contributed by atoms with Crippen LogP contribution in [0.15, 0.2) is 54.7 Å². The molecule has 0 amide bonds. The van der Waals surface area contributed by atoms with E-state index < -0.39 is 0 Å². The Kier molecular flexibility index (Phi) is 5.56. The average molecular weight is 444 g/mol. The van der Waals surface area contributed by atoms with E-state index in [-0.39, 0.29) is 11.7 Å². The Morgan fingerprint density at radius 2 is 1.79 bits per heavy atom. The number of hydrogen-bond donors (Lipinski definition) is 0. The average Bonchev–Trinajstić information content (AvgIpc) is 3.22. The van der Waals surface area contributed by atoms with Crippen LogP contribution in [0.2, 0.25) is 0 Å². The van der Waals surface area contributed by atoms with Gasteiger partial charge in [0.05, 0.1) is 43.3 Å². The lowest BCUT2D eigenvalue weighted by Crippen LogP contribution is -2.23. The molecule has 4 aromatic rings. The number of carbonyl (C=O) groups is 1. The van der Waals surface area contributed by atoms with Crippen molar-refractivity contribution in [3.63, 3.8) is 0 Å². The predicted octanol–water partition coefficient (Wildman–Crippen LogP) is 4.47. The number of nitrogens with zero attached hydrogens (tertiary/aromatic N) is 3. The second kappa shape index (κ2) is 8.67. The summed E-state index contributed by atoms with van der Waals surface area (Å²) in [6.07, 6.45) is 2.77. The summed E-state index contributed by atoms with van der Waals surface area (Å²) in [6, 6.07) is 15.7. The fourth-order valence-electron chi connectivity index (χ4n) is 4.66. The molecule has 0 N–H and O–H groups in total. The first-order valence-electron chi connectivity index (χ1n) is 10.8. The molecule has 1 unspecified atom stereocenters. The van der Waals surface area contributed by atoms with E-state index in [0.29, 0.717) is 30.7 Å². The molecule has 2 aromatic heterocycles. The molecule has 33 heavy (non-hydrogen) atoms. The Bertz CT molecular complexity index is 1330. The Morgan fingerprint density at radius 3 is 2.52 bits per heavy atom. The van der Waals surface area contributed by atoms with E-state index in [0.717, 1.165) is 39.6 Å². The standard InChI is InChI=1S/C26H25N3O4/c1-31-15-21-25(16-8-10-18(32-2)11-9-16)26-27-14-20-22(29(26)28-21)12-17(13-23(20)30)19-6-4-5-7-24(19)33-3/h4-11,14,17H,12-13,15H2,1-3H3. The Balaban J connectivity index is 1.66. The number of methoxy groups -OCH3 is 3. The van der Waals surface area contributed by atoms with E-state index in [2.05, 4.69) is 4.98 Å². The predicted molar refractivity (Wildman–Crippen MR) is 124 cm³/mol. The molecule has 0 fully saturated rings. The molecule has 0 aliphatic heterocycles. The van der Waals surface area contributed by atoms with Crippen molar-refractivity contribution in [1.29, 1.82) is 0 Å². The van der Waals surface area contributed by atoms with Gasteiger partial charge < -0.3 is 14.2 Å². The van der Waals surface area contributed by atoms with Gasteiger partial charge in [-0.1, -0.05) is 30.3 Å². The number of carbonyl (C=O) groups excluding carboxylic acids is 1. The molecule has 0 saturated carbocycles. The molecule has 0 radical (unpaired) electrons. The van der Waals surface area contributed by atoms with Gasteiger partial charge in [-0.05, 0) is 35.7 Å². The summed E-state index contributed by atoms with van der Waals surface area (Å²) in [4.78, 5) is 17.8. The minimum Gasteiger partial charge on any atom is -0.497 e. The summed E-state index contributed by atoms with van der Waals surface area (Å²) >= 11 is 0. The first kappa shape index (κ1) is 21.2. The van der Waals surface area contributed by atoms with Gasteiger partial charge in [0.25, 0.3) is 0 Å². The maximum Gasteiger partial charge on any atom is 0.166 e. The molecule has 1 aliphatic carbocycles.